The first-order valence-corrected chi connectivity index (χ1v) is 6.84. The van der Waals surface area contributed by atoms with E-state index < -0.39 is 11.0 Å². The molecule has 0 saturated carbocycles. The van der Waals surface area contributed by atoms with Gasteiger partial charge in [0.15, 0.2) is 11.0 Å². The van der Waals surface area contributed by atoms with Gasteiger partial charge in [0.2, 0.25) is 5.91 Å². The summed E-state index contributed by atoms with van der Waals surface area (Å²) in [5, 5.41) is 3.08. The molecule has 0 bridgehead atoms. The summed E-state index contributed by atoms with van der Waals surface area (Å²) >= 11 is 0. The molecule has 2 N–H and O–H groups in total. The first-order chi connectivity index (χ1) is 8.16. The van der Waals surface area contributed by atoms with Crippen molar-refractivity contribution < 1.29 is 9.00 Å². The molecule has 1 aromatic carbocycles. The third kappa shape index (κ3) is 3.14. The van der Waals surface area contributed by atoms with Crippen LogP contribution in [0.25, 0.3) is 0 Å². The molecule has 1 unspecified atom stereocenters. The summed E-state index contributed by atoms with van der Waals surface area (Å²) in [5.41, 5.74) is 1.11. The predicted molar refractivity (Wildman–Crippen MR) is 66.8 cm³/mol. The van der Waals surface area contributed by atoms with E-state index in [-0.39, 0.29) is 11.9 Å². The summed E-state index contributed by atoms with van der Waals surface area (Å²) in [6, 6.07) is 7.12. The van der Waals surface area contributed by atoms with Crippen LogP contribution in [0.1, 0.15) is 18.4 Å². The Morgan fingerprint density at radius 3 is 2.71 bits per heavy atom. The third-order valence-corrected chi connectivity index (χ3v) is 3.89. The Morgan fingerprint density at radius 2 is 2.12 bits per heavy atom. The maximum atomic E-state index is 11.9. The minimum Gasteiger partial charge on any atom is -0.306 e. The highest BCUT2D eigenvalue weighted by Crippen LogP contribution is 2.09. The number of aryl methyl sites for hydroxylation is 1. The molecule has 0 aromatic heterocycles. The minimum atomic E-state index is -1.46. The second-order valence-electron chi connectivity index (χ2n) is 4.20. The summed E-state index contributed by atoms with van der Waals surface area (Å²) in [7, 11) is -1.46. The van der Waals surface area contributed by atoms with E-state index in [9.17, 15) is 9.00 Å². The molecule has 1 heterocycles. The quantitative estimate of drug-likeness (QED) is 0.840. The van der Waals surface area contributed by atoms with Gasteiger partial charge in [-0.05, 0) is 38.4 Å². The fraction of sp³-hybridized carbons (Fsp3) is 0.417. The molecular weight excluding hydrogens is 236 g/mol. The van der Waals surface area contributed by atoms with Crippen LogP contribution in [0.4, 0.5) is 0 Å². The molecule has 1 fully saturated rings. The molecule has 1 aliphatic heterocycles. The summed E-state index contributed by atoms with van der Waals surface area (Å²) in [6.07, 6.45) is 1.81. The van der Waals surface area contributed by atoms with Crippen LogP contribution in [0.5, 0.6) is 0 Å². The topological polar surface area (TPSA) is 58.2 Å². The van der Waals surface area contributed by atoms with E-state index in [1.54, 1.807) is 12.1 Å². The van der Waals surface area contributed by atoms with Crippen LogP contribution in [0.15, 0.2) is 29.2 Å². The minimum absolute atomic E-state index is 0.179. The molecule has 17 heavy (non-hydrogen) atoms. The SMILES string of the molecule is Cc1ccc(S(=O)NC(=O)[C@H]2CCCN2)cc1. The fourth-order valence-electron chi connectivity index (χ4n) is 1.79. The number of carbonyl (C=O) groups excluding carboxylic acids is 1. The summed E-state index contributed by atoms with van der Waals surface area (Å²) < 4.78 is 14.4. The largest absolute Gasteiger partial charge is 0.306 e. The maximum Gasteiger partial charge on any atom is 0.249 e. The zero-order chi connectivity index (χ0) is 12.3. The molecule has 2 rings (SSSR count). The zero-order valence-electron chi connectivity index (χ0n) is 9.73. The number of benzene rings is 1. The van der Waals surface area contributed by atoms with E-state index in [1.807, 2.05) is 19.1 Å². The van der Waals surface area contributed by atoms with Gasteiger partial charge in [-0.2, -0.15) is 0 Å². The van der Waals surface area contributed by atoms with Crippen molar-refractivity contribution in [2.24, 2.45) is 0 Å². The Kier molecular flexibility index (Phi) is 3.91. The van der Waals surface area contributed by atoms with Crippen molar-refractivity contribution in [2.45, 2.75) is 30.7 Å². The van der Waals surface area contributed by atoms with Gasteiger partial charge in [0, 0.05) is 0 Å². The molecule has 0 aliphatic carbocycles. The number of hydrogen-bond acceptors (Lipinski definition) is 3. The predicted octanol–water partition coefficient (Wildman–Crippen LogP) is 0.886. The van der Waals surface area contributed by atoms with Crippen LogP contribution in [-0.4, -0.2) is 22.7 Å². The molecule has 1 amide bonds. The van der Waals surface area contributed by atoms with Gasteiger partial charge in [-0.25, -0.2) is 4.21 Å². The molecule has 0 radical (unpaired) electrons. The van der Waals surface area contributed by atoms with E-state index in [0.717, 1.165) is 24.9 Å². The van der Waals surface area contributed by atoms with E-state index in [2.05, 4.69) is 10.0 Å². The third-order valence-electron chi connectivity index (χ3n) is 2.81. The standard InChI is InChI=1S/C12H16N2O2S/c1-9-4-6-10(7-5-9)17(16)14-12(15)11-3-2-8-13-11/h4-7,11,13H,2-3,8H2,1H3,(H,14,15)/t11-,17?/m1/s1. The molecule has 1 aromatic rings. The first-order valence-electron chi connectivity index (χ1n) is 5.69. The Balaban J connectivity index is 1.96. The van der Waals surface area contributed by atoms with Crippen LogP contribution < -0.4 is 10.0 Å². The molecular formula is C12H16N2O2S. The lowest BCUT2D eigenvalue weighted by Crippen LogP contribution is -2.41. The second-order valence-corrected chi connectivity index (χ2v) is 5.41. The van der Waals surface area contributed by atoms with Gasteiger partial charge in [0.1, 0.15) is 0 Å². The van der Waals surface area contributed by atoms with Gasteiger partial charge in [-0.3, -0.25) is 9.52 Å². The highest BCUT2D eigenvalue weighted by Gasteiger charge is 2.23. The van der Waals surface area contributed by atoms with Crippen molar-refractivity contribution in [1.82, 2.24) is 10.0 Å². The monoisotopic (exact) mass is 252 g/mol. The van der Waals surface area contributed by atoms with Gasteiger partial charge in [-0.1, -0.05) is 17.7 Å². The molecule has 4 nitrogen and oxygen atoms in total. The number of carbonyl (C=O) groups is 1. The Hall–Kier alpha value is -1.20. The average Bonchev–Trinajstić information content (AvgIpc) is 2.83. The lowest BCUT2D eigenvalue weighted by Gasteiger charge is -2.10. The van der Waals surface area contributed by atoms with Crippen molar-refractivity contribution in [3.05, 3.63) is 29.8 Å². The van der Waals surface area contributed by atoms with Crippen LogP contribution in [0.3, 0.4) is 0 Å². The van der Waals surface area contributed by atoms with Crippen molar-refractivity contribution in [3.8, 4) is 0 Å². The normalized spacial score (nSPS) is 21.1. The fourth-order valence-corrected chi connectivity index (χ4v) is 2.62. The van der Waals surface area contributed by atoms with Gasteiger partial charge in [0.05, 0.1) is 10.9 Å². The van der Waals surface area contributed by atoms with E-state index in [4.69, 9.17) is 0 Å². The first kappa shape index (κ1) is 12.3. The van der Waals surface area contributed by atoms with Crippen molar-refractivity contribution in [1.29, 1.82) is 0 Å². The Morgan fingerprint density at radius 1 is 1.41 bits per heavy atom. The number of amides is 1. The lowest BCUT2D eigenvalue weighted by molar-refractivity contribution is -0.120. The van der Waals surface area contributed by atoms with Crippen LogP contribution in [0, 0.1) is 6.92 Å². The smallest absolute Gasteiger partial charge is 0.249 e. The highest BCUT2D eigenvalue weighted by molar-refractivity contribution is 7.83. The Bertz CT molecular complexity index is 425. The van der Waals surface area contributed by atoms with Crippen molar-refractivity contribution in [3.63, 3.8) is 0 Å². The van der Waals surface area contributed by atoms with Gasteiger partial charge in [-0.15, -0.1) is 0 Å². The highest BCUT2D eigenvalue weighted by atomic mass is 32.2. The Labute approximate surface area is 103 Å². The molecule has 1 saturated heterocycles. The van der Waals surface area contributed by atoms with Crippen LogP contribution >= 0.6 is 0 Å². The lowest BCUT2D eigenvalue weighted by atomic mass is 10.2. The van der Waals surface area contributed by atoms with E-state index in [0.29, 0.717) is 4.90 Å². The molecule has 1 aliphatic rings. The number of hydrogen-bond donors (Lipinski definition) is 2. The molecule has 5 heteroatoms. The van der Waals surface area contributed by atoms with E-state index in [1.165, 1.54) is 0 Å². The van der Waals surface area contributed by atoms with Crippen LogP contribution in [0.2, 0.25) is 0 Å². The van der Waals surface area contributed by atoms with Crippen molar-refractivity contribution >= 4 is 16.9 Å². The van der Waals surface area contributed by atoms with Gasteiger partial charge < -0.3 is 5.32 Å². The summed E-state index contributed by atoms with van der Waals surface area (Å²) in [4.78, 5) is 12.4. The zero-order valence-corrected chi connectivity index (χ0v) is 10.5. The second kappa shape index (κ2) is 5.42. The van der Waals surface area contributed by atoms with Crippen molar-refractivity contribution in [2.75, 3.05) is 6.54 Å². The van der Waals surface area contributed by atoms with Crippen LogP contribution in [-0.2, 0) is 15.8 Å². The molecule has 2 atom stereocenters. The number of nitrogens with one attached hydrogen (secondary N) is 2. The van der Waals surface area contributed by atoms with Gasteiger partial charge in [0.25, 0.3) is 0 Å². The average molecular weight is 252 g/mol. The molecule has 92 valence electrons. The summed E-state index contributed by atoms with van der Waals surface area (Å²) in [6.45, 7) is 2.82. The van der Waals surface area contributed by atoms with E-state index >= 15 is 0 Å². The summed E-state index contributed by atoms with van der Waals surface area (Å²) in [5.74, 6) is -0.179. The molecule has 0 spiro atoms. The number of rotatable bonds is 3. The maximum absolute atomic E-state index is 11.9. The van der Waals surface area contributed by atoms with Gasteiger partial charge >= 0.3 is 0 Å².